The average Bonchev–Trinajstić information content (AvgIpc) is 3.33. The fourth-order valence-corrected chi connectivity index (χ4v) is 5.60. The van der Waals surface area contributed by atoms with Crippen LogP contribution < -0.4 is 14.8 Å². The Morgan fingerprint density at radius 3 is 2.58 bits per heavy atom. The second kappa shape index (κ2) is 11.9. The third-order valence-electron chi connectivity index (χ3n) is 7.16. The topological polar surface area (TPSA) is 83.5 Å². The number of aliphatic imine (C=N–C) groups is 1. The number of nitrogens with zero attached hydrogens (tertiary/aromatic N) is 3. The van der Waals surface area contributed by atoms with Crippen LogP contribution >= 0.6 is 23.2 Å². The van der Waals surface area contributed by atoms with Gasteiger partial charge in [0.05, 0.1) is 30.9 Å². The molecule has 2 heterocycles. The zero-order valence-electron chi connectivity index (χ0n) is 22.6. The molecule has 10 heteroatoms. The van der Waals surface area contributed by atoms with E-state index in [-0.39, 0.29) is 36.5 Å². The number of allylic oxidation sites excluding steroid dienone is 3. The molecule has 2 aliphatic heterocycles. The second-order valence-electron chi connectivity index (χ2n) is 10.2. The van der Waals surface area contributed by atoms with Crippen LogP contribution in [0.1, 0.15) is 37.4 Å². The average molecular weight is 584 g/mol. The predicted octanol–water partition coefficient (Wildman–Crippen LogP) is 5.56. The molecule has 1 fully saturated rings. The largest absolute Gasteiger partial charge is 0.497 e. The molecule has 2 aromatic carbocycles. The van der Waals surface area contributed by atoms with Crippen LogP contribution in [0.15, 0.2) is 70.7 Å². The van der Waals surface area contributed by atoms with Gasteiger partial charge in [-0.25, -0.2) is 4.79 Å². The molecule has 1 saturated heterocycles. The van der Waals surface area contributed by atoms with Crippen molar-refractivity contribution in [3.05, 3.63) is 81.9 Å². The zero-order valence-corrected chi connectivity index (χ0v) is 24.2. The molecule has 0 aromatic heterocycles. The Bertz CT molecular complexity index is 1370. The van der Waals surface area contributed by atoms with E-state index in [9.17, 15) is 9.59 Å². The first kappa shape index (κ1) is 28.1. The van der Waals surface area contributed by atoms with Crippen molar-refractivity contribution in [2.24, 2.45) is 10.9 Å². The standard InChI is InChI=1S/C30H32Cl2N4O4/c1-18(2)40-25-16-23(39-3)12-13-24(25)29-34-27(19-4-8-21(31)9-5-19)28(20-6-10-22(32)11-7-20)36(29)30(38)35-15-14-33-26(37)17-35/h4-6,8-13,16,18,20,27-28H,7,14-15,17H2,1-3H3,(H,33,37). The van der Waals surface area contributed by atoms with Crippen LogP contribution in [0.25, 0.3) is 0 Å². The molecule has 3 amide bonds. The summed E-state index contributed by atoms with van der Waals surface area (Å²) in [6, 6.07) is 12.0. The number of halogens is 2. The number of hydrogen-bond acceptors (Lipinski definition) is 5. The molecule has 8 nitrogen and oxygen atoms in total. The Kier molecular flexibility index (Phi) is 8.38. The van der Waals surface area contributed by atoms with Crippen molar-refractivity contribution < 1.29 is 19.1 Å². The molecule has 2 aromatic rings. The number of hydrogen-bond donors (Lipinski definition) is 1. The maximum atomic E-state index is 14.4. The minimum absolute atomic E-state index is 0.0227. The molecule has 0 spiro atoms. The smallest absolute Gasteiger partial charge is 0.326 e. The number of benzene rings is 2. The third-order valence-corrected chi connectivity index (χ3v) is 7.69. The molecule has 210 valence electrons. The first-order valence-corrected chi connectivity index (χ1v) is 14.1. The van der Waals surface area contributed by atoms with Crippen LogP contribution in [0.3, 0.4) is 0 Å². The normalized spacial score (nSPS) is 22.6. The van der Waals surface area contributed by atoms with Crippen LogP contribution in [-0.4, -0.2) is 66.5 Å². The van der Waals surface area contributed by atoms with Gasteiger partial charge in [-0.3, -0.25) is 14.7 Å². The molecule has 3 unspecified atom stereocenters. The summed E-state index contributed by atoms with van der Waals surface area (Å²) >= 11 is 12.5. The monoisotopic (exact) mass is 582 g/mol. The van der Waals surface area contributed by atoms with E-state index in [1.165, 1.54) is 0 Å². The van der Waals surface area contributed by atoms with E-state index in [0.29, 0.717) is 52.5 Å². The van der Waals surface area contributed by atoms with Crippen LogP contribution in [0.2, 0.25) is 5.02 Å². The summed E-state index contributed by atoms with van der Waals surface area (Å²) in [4.78, 5) is 35.2. The number of rotatable bonds is 6. The molecule has 1 N–H and O–H groups in total. The lowest BCUT2D eigenvalue weighted by Gasteiger charge is -2.38. The van der Waals surface area contributed by atoms with E-state index in [1.807, 2.05) is 74.5 Å². The number of amides is 3. The van der Waals surface area contributed by atoms with Crippen molar-refractivity contribution in [3.8, 4) is 11.5 Å². The number of amidine groups is 1. The summed E-state index contributed by atoms with van der Waals surface area (Å²) in [5.41, 5.74) is 1.59. The van der Waals surface area contributed by atoms with Gasteiger partial charge in [0.25, 0.3) is 0 Å². The molecule has 0 radical (unpaired) electrons. The molecule has 5 rings (SSSR count). The van der Waals surface area contributed by atoms with E-state index in [4.69, 9.17) is 37.7 Å². The van der Waals surface area contributed by atoms with E-state index in [0.717, 1.165) is 5.56 Å². The van der Waals surface area contributed by atoms with Gasteiger partial charge < -0.3 is 19.7 Å². The summed E-state index contributed by atoms with van der Waals surface area (Å²) in [7, 11) is 1.60. The quantitative estimate of drug-likeness (QED) is 0.483. The third kappa shape index (κ3) is 5.83. The number of ether oxygens (including phenoxy) is 2. The summed E-state index contributed by atoms with van der Waals surface area (Å²) in [5.74, 6) is 1.39. The van der Waals surface area contributed by atoms with Crippen LogP contribution in [0.4, 0.5) is 4.79 Å². The van der Waals surface area contributed by atoms with Gasteiger partial charge in [-0.1, -0.05) is 47.5 Å². The number of urea groups is 1. The molecular formula is C30H32Cl2N4O4. The molecular weight excluding hydrogens is 551 g/mol. The number of carbonyl (C=O) groups excluding carboxylic acids is 2. The van der Waals surface area contributed by atoms with E-state index >= 15 is 0 Å². The highest BCUT2D eigenvalue weighted by Crippen LogP contribution is 2.43. The SMILES string of the molecule is COc1ccc(C2=NC(c3ccc(Cl)cc3)C(C3C=CC(Cl)=CC3)N2C(=O)N2CCNC(=O)C2)c(OC(C)C)c1. The highest BCUT2D eigenvalue weighted by Gasteiger charge is 2.47. The molecule has 40 heavy (non-hydrogen) atoms. The van der Waals surface area contributed by atoms with Gasteiger partial charge in [0.15, 0.2) is 0 Å². The van der Waals surface area contributed by atoms with Gasteiger partial charge in [0, 0.05) is 35.1 Å². The van der Waals surface area contributed by atoms with Crippen LogP contribution in [0.5, 0.6) is 11.5 Å². The Balaban J connectivity index is 1.67. The lowest BCUT2D eigenvalue weighted by Crippen LogP contribution is -2.57. The van der Waals surface area contributed by atoms with Gasteiger partial charge in [0.1, 0.15) is 23.9 Å². The summed E-state index contributed by atoms with van der Waals surface area (Å²) in [6.45, 7) is 4.65. The van der Waals surface area contributed by atoms with Crippen LogP contribution in [0, 0.1) is 5.92 Å². The first-order valence-electron chi connectivity index (χ1n) is 13.3. The van der Waals surface area contributed by atoms with E-state index < -0.39 is 6.04 Å². The van der Waals surface area contributed by atoms with Crippen molar-refractivity contribution in [1.82, 2.24) is 15.1 Å². The van der Waals surface area contributed by atoms with Gasteiger partial charge in [-0.15, -0.1) is 0 Å². The fraction of sp³-hybridized carbons (Fsp3) is 0.367. The van der Waals surface area contributed by atoms with Gasteiger partial charge in [0.2, 0.25) is 5.91 Å². The Labute approximate surface area is 244 Å². The van der Waals surface area contributed by atoms with Gasteiger partial charge >= 0.3 is 6.03 Å². The zero-order chi connectivity index (χ0) is 28.4. The van der Waals surface area contributed by atoms with E-state index in [1.54, 1.807) is 16.9 Å². The van der Waals surface area contributed by atoms with Crippen molar-refractivity contribution in [2.75, 3.05) is 26.7 Å². The van der Waals surface area contributed by atoms with Crippen molar-refractivity contribution in [1.29, 1.82) is 0 Å². The van der Waals surface area contributed by atoms with Crippen molar-refractivity contribution in [3.63, 3.8) is 0 Å². The fourth-order valence-electron chi connectivity index (χ4n) is 5.31. The van der Waals surface area contributed by atoms with Gasteiger partial charge in [-0.2, -0.15) is 0 Å². The highest BCUT2D eigenvalue weighted by atomic mass is 35.5. The molecule has 0 bridgehead atoms. The predicted molar refractivity (Wildman–Crippen MR) is 156 cm³/mol. The number of methoxy groups -OCH3 is 1. The summed E-state index contributed by atoms with van der Waals surface area (Å²) in [5, 5.41) is 4.08. The number of nitrogens with one attached hydrogen (secondary N) is 1. The first-order chi connectivity index (χ1) is 19.2. The Hall–Kier alpha value is -3.49. The summed E-state index contributed by atoms with van der Waals surface area (Å²) in [6.07, 6.45) is 6.37. The van der Waals surface area contributed by atoms with Crippen molar-refractivity contribution >= 4 is 41.0 Å². The van der Waals surface area contributed by atoms with Gasteiger partial charge in [-0.05, 0) is 56.2 Å². The Morgan fingerprint density at radius 1 is 1.15 bits per heavy atom. The lowest BCUT2D eigenvalue weighted by molar-refractivity contribution is -0.123. The lowest BCUT2D eigenvalue weighted by atomic mass is 9.85. The van der Waals surface area contributed by atoms with Crippen LogP contribution in [-0.2, 0) is 4.79 Å². The van der Waals surface area contributed by atoms with Crippen molar-refractivity contribution in [2.45, 2.75) is 38.5 Å². The second-order valence-corrected chi connectivity index (χ2v) is 11.1. The Morgan fingerprint density at radius 2 is 1.93 bits per heavy atom. The molecule has 0 saturated carbocycles. The van der Waals surface area contributed by atoms with E-state index in [2.05, 4.69) is 5.32 Å². The summed E-state index contributed by atoms with van der Waals surface area (Å²) < 4.78 is 11.7. The highest BCUT2D eigenvalue weighted by molar-refractivity contribution is 6.31. The maximum absolute atomic E-state index is 14.4. The molecule has 1 aliphatic carbocycles. The molecule has 3 aliphatic rings. The number of carbonyl (C=O) groups is 2. The number of piperazine rings is 1. The molecule has 3 atom stereocenters. The maximum Gasteiger partial charge on any atom is 0.326 e. The minimum Gasteiger partial charge on any atom is -0.497 e. The minimum atomic E-state index is -0.399.